The number of aryl methyl sites for hydroxylation is 1. The molecule has 3 rings (SSSR count). The van der Waals surface area contributed by atoms with Crippen molar-refractivity contribution >= 4 is 5.88 Å². The van der Waals surface area contributed by atoms with Crippen LogP contribution in [0.15, 0.2) is 39.3 Å². The van der Waals surface area contributed by atoms with Gasteiger partial charge in [0.15, 0.2) is 5.89 Å². The van der Waals surface area contributed by atoms with Crippen molar-refractivity contribution in [2.75, 3.05) is 11.9 Å². The van der Waals surface area contributed by atoms with E-state index in [4.69, 9.17) is 14.2 Å². The summed E-state index contributed by atoms with van der Waals surface area (Å²) in [5.41, 5.74) is 1.15. The number of benzene rings is 1. The molecule has 1 N–H and O–H groups in total. The molecular weight excluding hydrogens is 282 g/mol. The molecule has 110 valence electrons. The van der Waals surface area contributed by atoms with E-state index in [2.05, 4.69) is 20.4 Å². The average Bonchev–Trinajstić information content (AvgIpc) is 3.15. The zero-order valence-electron chi connectivity index (χ0n) is 11.9. The van der Waals surface area contributed by atoms with E-state index in [0.717, 1.165) is 5.56 Å². The van der Waals surface area contributed by atoms with Gasteiger partial charge in [-0.3, -0.25) is 0 Å². The van der Waals surface area contributed by atoms with Gasteiger partial charge in [-0.25, -0.2) is 4.98 Å². The van der Waals surface area contributed by atoms with Gasteiger partial charge in [-0.05, 0) is 0 Å². The van der Waals surface area contributed by atoms with E-state index in [-0.39, 0.29) is 5.69 Å². The molecule has 0 aliphatic heterocycles. The molecule has 0 unspecified atom stereocenters. The van der Waals surface area contributed by atoms with Crippen LogP contribution in [0.1, 0.15) is 17.5 Å². The highest BCUT2D eigenvalue weighted by Gasteiger charge is 2.11. The zero-order chi connectivity index (χ0) is 15.4. The van der Waals surface area contributed by atoms with E-state index < -0.39 is 0 Å². The van der Waals surface area contributed by atoms with Crippen molar-refractivity contribution < 1.29 is 8.94 Å². The van der Waals surface area contributed by atoms with Crippen LogP contribution >= 0.6 is 0 Å². The van der Waals surface area contributed by atoms with E-state index in [1.165, 1.54) is 0 Å². The molecule has 0 aliphatic carbocycles. The van der Waals surface area contributed by atoms with E-state index in [9.17, 15) is 0 Å². The number of anilines is 1. The molecule has 0 fully saturated rings. The lowest BCUT2D eigenvalue weighted by Gasteiger charge is -1.99. The van der Waals surface area contributed by atoms with Crippen molar-refractivity contribution in [1.29, 1.82) is 5.26 Å². The molecular formula is C15H13N5O2. The molecule has 2 aromatic heterocycles. The summed E-state index contributed by atoms with van der Waals surface area (Å²) in [7, 11) is 0. The third kappa shape index (κ3) is 2.96. The summed E-state index contributed by atoms with van der Waals surface area (Å²) in [6.45, 7) is 2.19. The maximum absolute atomic E-state index is 8.92. The van der Waals surface area contributed by atoms with Crippen LogP contribution in [0.5, 0.6) is 0 Å². The molecule has 2 heterocycles. The molecule has 0 aliphatic rings. The number of nitrogens with zero attached hydrogens (tertiary/aromatic N) is 4. The molecule has 7 nitrogen and oxygen atoms in total. The largest absolute Gasteiger partial charge is 0.424 e. The SMILES string of the molecule is Cc1nc(C#N)c(NCCc2nc(-c3ccccc3)no2)o1. The third-order valence-electron chi connectivity index (χ3n) is 2.96. The Morgan fingerprint density at radius 3 is 2.82 bits per heavy atom. The minimum Gasteiger partial charge on any atom is -0.424 e. The molecule has 0 saturated heterocycles. The molecule has 22 heavy (non-hydrogen) atoms. The highest BCUT2D eigenvalue weighted by atomic mass is 16.5. The first kappa shape index (κ1) is 13.8. The normalized spacial score (nSPS) is 10.4. The van der Waals surface area contributed by atoms with Gasteiger partial charge in [0.05, 0.1) is 0 Å². The molecule has 0 spiro atoms. The van der Waals surface area contributed by atoms with Gasteiger partial charge >= 0.3 is 0 Å². The topological polar surface area (TPSA) is 101 Å². The fourth-order valence-electron chi connectivity index (χ4n) is 1.97. The van der Waals surface area contributed by atoms with Crippen LogP contribution in [-0.4, -0.2) is 21.7 Å². The first-order valence-electron chi connectivity index (χ1n) is 6.75. The second-order valence-electron chi connectivity index (χ2n) is 4.58. The van der Waals surface area contributed by atoms with Crippen LogP contribution in [0.25, 0.3) is 11.4 Å². The number of hydrogen-bond donors (Lipinski definition) is 1. The van der Waals surface area contributed by atoms with Gasteiger partial charge in [-0.1, -0.05) is 35.5 Å². The summed E-state index contributed by atoms with van der Waals surface area (Å²) in [5.74, 6) is 1.89. The van der Waals surface area contributed by atoms with Crippen LogP contribution in [0.3, 0.4) is 0 Å². The fourth-order valence-corrected chi connectivity index (χ4v) is 1.97. The Hall–Kier alpha value is -3.14. The Morgan fingerprint density at radius 1 is 1.23 bits per heavy atom. The number of rotatable bonds is 5. The Labute approximate surface area is 126 Å². The average molecular weight is 295 g/mol. The van der Waals surface area contributed by atoms with Gasteiger partial charge in [-0.2, -0.15) is 10.2 Å². The molecule has 0 radical (unpaired) electrons. The Bertz CT molecular complexity index is 801. The molecule has 0 amide bonds. The maximum atomic E-state index is 8.92. The third-order valence-corrected chi connectivity index (χ3v) is 2.96. The van der Waals surface area contributed by atoms with Crippen molar-refractivity contribution in [2.45, 2.75) is 13.3 Å². The van der Waals surface area contributed by atoms with Crippen molar-refractivity contribution in [3.8, 4) is 17.5 Å². The lowest BCUT2D eigenvalue weighted by molar-refractivity contribution is 0.381. The van der Waals surface area contributed by atoms with Crippen molar-refractivity contribution in [1.82, 2.24) is 15.1 Å². The number of nitriles is 1. The second-order valence-corrected chi connectivity index (χ2v) is 4.58. The highest BCUT2D eigenvalue weighted by molar-refractivity contribution is 5.53. The fraction of sp³-hybridized carbons (Fsp3) is 0.200. The molecule has 0 saturated carbocycles. The molecule has 0 bridgehead atoms. The van der Waals surface area contributed by atoms with Crippen LogP contribution < -0.4 is 5.32 Å². The summed E-state index contributed by atoms with van der Waals surface area (Å²) >= 11 is 0. The Balaban J connectivity index is 1.61. The van der Waals surface area contributed by atoms with Crippen molar-refractivity contribution in [3.05, 3.63) is 47.8 Å². The van der Waals surface area contributed by atoms with Crippen LogP contribution in [-0.2, 0) is 6.42 Å². The van der Waals surface area contributed by atoms with Gasteiger partial charge in [0.25, 0.3) is 0 Å². The number of oxazole rings is 1. The van der Waals surface area contributed by atoms with Crippen LogP contribution in [0.2, 0.25) is 0 Å². The van der Waals surface area contributed by atoms with E-state index >= 15 is 0 Å². The van der Waals surface area contributed by atoms with Gasteiger partial charge in [0.1, 0.15) is 6.07 Å². The number of nitrogens with one attached hydrogen (secondary N) is 1. The first-order valence-corrected chi connectivity index (χ1v) is 6.75. The van der Waals surface area contributed by atoms with Crippen molar-refractivity contribution in [2.24, 2.45) is 0 Å². The second kappa shape index (κ2) is 6.10. The highest BCUT2D eigenvalue weighted by Crippen LogP contribution is 2.17. The predicted molar refractivity (Wildman–Crippen MR) is 77.9 cm³/mol. The van der Waals surface area contributed by atoms with Gasteiger partial charge in [0, 0.05) is 25.5 Å². The quantitative estimate of drug-likeness (QED) is 0.771. The predicted octanol–water partition coefficient (Wildman–Crippen LogP) is 2.56. The minimum absolute atomic E-state index is 0.244. The summed E-state index contributed by atoms with van der Waals surface area (Å²) in [6, 6.07) is 11.6. The van der Waals surface area contributed by atoms with Gasteiger partial charge < -0.3 is 14.3 Å². The molecule has 7 heteroatoms. The first-order chi connectivity index (χ1) is 10.8. The van der Waals surface area contributed by atoms with E-state index in [0.29, 0.717) is 36.5 Å². The van der Waals surface area contributed by atoms with Crippen LogP contribution in [0, 0.1) is 18.3 Å². The minimum atomic E-state index is 0.244. The number of aromatic nitrogens is 3. The van der Waals surface area contributed by atoms with E-state index in [1.807, 2.05) is 36.4 Å². The summed E-state index contributed by atoms with van der Waals surface area (Å²) < 4.78 is 10.5. The number of hydrogen-bond acceptors (Lipinski definition) is 7. The summed E-state index contributed by atoms with van der Waals surface area (Å²) in [5, 5.41) is 15.9. The molecule has 1 aromatic carbocycles. The van der Waals surface area contributed by atoms with Gasteiger partial charge in [-0.15, -0.1) is 0 Å². The smallest absolute Gasteiger partial charge is 0.232 e. The van der Waals surface area contributed by atoms with E-state index in [1.54, 1.807) is 6.92 Å². The van der Waals surface area contributed by atoms with Gasteiger partial charge in [0.2, 0.25) is 23.3 Å². The lowest BCUT2D eigenvalue weighted by Crippen LogP contribution is -2.05. The summed E-state index contributed by atoms with van der Waals surface area (Å²) in [6.07, 6.45) is 0.518. The lowest BCUT2D eigenvalue weighted by atomic mass is 10.2. The zero-order valence-corrected chi connectivity index (χ0v) is 11.9. The van der Waals surface area contributed by atoms with Crippen LogP contribution in [0.4, 0.5) is 5.88 Å². The van der Waals surface area contributed by atoms with Crippen molar-refractivity contribution in [3.63, 3.8) is 0 Å². The summed E-state index contributed by atoms with van der Waals surface area (Å²) in [4.78, 5) is 8.29. The Kier molecular flexibility index (Phi) is 3.83. The maximum Gasteiger partial charge on any atom is 0.232 e. The standard InChI is InChI=1S/C15H13N5O2/c1-10-18-12(9-16)15(21-10)17-8-7-13-19-14(20-22-13)11-5-3-2-4-6-11/h2-6,17H,7-8H2,1H3. The molecule has 0 atom stereocenters. The molecule has 3 aromatic rings. The Morgan fingerprint density at radius 2 is 2.05 bits per heavy atom. The monoisotopic (exact) mass is 295 g/mol.